The molecule has 0 aliphatic carbocycles. The molecule has 0 radical (unpaired) electrons. The molecular formula is C5H11NOS2. The summed E-state index contributed by atoms with van der Waals surface area (Å²) in [5.74, 6) is 0.839. The Hall–Kier alpha value is 0.200. The molecule has 0 amide bonds. The number of ether oxygens (including phenoxy) is 1. The van der Waals surface area contributed by atoms with Crippen LogP contribution in [-0.4, -0.2) is 23.3 Å². The molecule has 0 saturated heterocycles. The highest BCUT2D eigenvalue weighted by atomic mass is 32.2. The first-order valence-corrected chi connectivity index (χ1v) is 4.01. The molecule has 0 rings (SSSR count). The summed E-state index contributed by atoms with van der Waals surface area (Å²) in [6.07, 6.45) is 0.233. The minimum Gasteiger partial charge on any atom is -0.385 e. The van der Waals surface area contributed by atoms with Crippen LogP contribution in [0.1, 0.15) is 6.92 Å². The van der Waals surface area contributed by atoms with E-state index in [4.69, 9.17) is 10.5 Å². The lowest BCUT2D eigenvalue weighted by Crippen LogP contribution is -2.12. The van der Waals surface area contributed by atoms with Crippen LogP contribution < -0.4 is 5.73 Å². The van der Waals surface area contributed by atoms with Crippen LogP contribution in [0.25, 0.3) is 0 Å². The molecule has 0 spiro atoms. The minimum atomic E-state index is 0.233. The van der Waals surface area contributed by atoms with Crippen LogP contribution in [0.15, 0.2) is 0 Å². The van der Waals surface area contributed by atoms with Crippen molar-refractivity contribution in [2.75, 3.05) is 12.9 Å². The molecular weight excluding hydrogens is 154 g/mol. The Morgan fingerprint density at radius 3 is 2.78 bits per heavy atom. The molecule has 2 nitrogen and oxygen atoms in total. The SMILES string of the molecule is COC(C)CSC(N)=S. The maximum absolute atomic E-state index is 5.23. The van der Waals surface area contributed by atoms with Crippen LogP contribution in [0.5, 0.6) is 0 Å². The zero-order valence-corrected chi connectivity index (χ0v) is 7.22. The van der Waals surface area contributed by atoms with Gasteiger partial charge in [0.05, 0.1) is 6.10 Å². The predicted octanol–water partition coefficient (Wildman–Crippen LogP) is 0.998. The fourth-order valence-electron chi connectivity index (χ4n) is 0.268. The summed E-state index contributed by atoms with van der Waals surface area (Å²) in [6, 6.07) is 0. The van der Waals surface area contributed by atoms with E-state index in [1.165, 1.54) is 11.8 Å². The Morgan fingerprint density at radius 1 is 1.89 bits per heavy atom. The molecule has 0 heterocycles. The van der Waals surface area contributed by atoms with E-state index in [1.54, 1.807) is 7.11 Å². The van der Waals surface area contributed by atoms with Crippen molar-refractivity contribution < 1.29 is 4.74 Å². The first-order chi connectivity index (χ1) is 4.16. The number of methoxy groups -OCH3 is 1. The van der Waals surface area contributed by atoms with Crippen molar-refractivity contribution in [1.82, 2.24) is 0 Å². The molecule has 0 aliphatic rings. The number of nitrogens with two attached hydrogens (primary N) is 1. The van der Waals surface area contributed by atoms with Gasteiger partial charge in [-0.2, -0.15) is 0 Å². The molecule has 54 valence electrons. The Morgan fingerprint density at radius 2 is 2.44 bits per heavy atom. The smallest absolute Gasteiger partial charge is 0.131 e. The van der Waals surface area contributed by atoms with Crippen LogP contribution in [0.2, 0.25) is 0 Å². The van der Waals surface area contributed by atoms with Gasteiger partial charge in [0, 0.05) is 12.9 Å². The number of rotatable bonds is 3. The molecule has 9 heavy (non-hydrogen) atoms. The molecule has 0 aliphatic heterocycles. The molecule has 1 atom stereocenters. The fourth-order valence-corrected chi connectivity index (χ4v) is 1.01. The van der Waals surface area contributed by atoms with Crippen molar-refractivity contribution in [2.45, 2.75) is 13.0 Å². The molecule has 2 N–H and O–H groups in total. The molecule has 1 unspecified atom stereocenters. The summed E-state index contributed by atoms with van der Waals surface area (Å²) in [5.41, 5.74) is 5.23. The minimum absolute atomic E-state index is 0.233. The topological polar surface area (TPSA) is 35.2 Å². The van der Waals surface area contributed by atoms with Crippen molar-refractivity contribution in [1.29, 1.82) is 0 Å². The maximum Gasteiger partial charge on any atom is 0.131 e. The first-order valence-electron chi connectivity index (χ1n) is 2.62. The fraction of sp³-hybridized carbons (Fsp3) is 0.800. The second kappa shape index (κ2) is 5.02. The molecule has 0 aromatic heterocycles. The van der Waals surface area contributed by atoms with Gasteiger partial charge in [-0.05, 0) is 6.92 Å². The van der Waals surface area contributed by atoms with Crippen molar-refractivity contribution in [3.63, 3.8) is 0 Å². The van der Waals surface area contributed by atoms with Gasteiger partial charge in [-0.25, -0.2) is 0 Å². The van der Waals surface area contributed by atoms with E-state index in [2.05, 4.69) is 12.2 Å². The van der Waals surface area contributed by atoms with Crippen LogP contribution >= 0.6 is 24.0 Å². The first kappa shape index (κ1) is 9.20. The largest absolute Gasteiger partial charge is 0.385 e. The third kappa shape index (κ3) is 6.08. The molecule has 0 fully saturated rings. The number of thioether (sulfide) groups is 1. The van der Waals surface area contributed by atoms with Crippen molar-refractivity contribution >= 4 is 28.3 Å². The molecule has 4 heteroatoms. The number of thiocarbonyl (C=S) groups is 1. The lowest BCUT2D eigenvalue weighted by atomic mass is 10.5. The average molecular weight is 165 g/mol. The summed E-state index contributed by atoms with van der Waals surface area (Å²) in [4.78, 5) is 0. The Balaban J connectivity index is 3.16. The molecule has 0 saturated carbocycles. The van der Waals surface area contributed by atoms with Gasteiger partial charge in [0.15, 0.2) is 0 Å². The van der Waals surface area contributed by atoms with Crippen LogP contribution in [0, 0.1) is 0 Å². The third-order valence-electron chi connectivity index (χ3n) is 0.863. The summed E-state index contributed by atoms with van der Waals surface area (Å²) < 4.78 is 5.45. The summed E-state index contributed by atoms with van der Waals surface area (Å²) >= 11 is 6.10. The van der Waals surface area contributed by atoms with Gasteiger partial charge < -0.3 is 10.5 Å². The third-order valence-corrected chi connectivity index (χ3v) is 2.14. The summed E-state index contributed by atoms with van der Waals surface area (Å²) in [5, 5.41) is 0. The van der Waals surface area contributed by atoms with Gasteiger partial charge in [0.1, 0.15) is 4.32 Å². The van der Waals surface area contributed by atoms with Gasteiger partial charge >= 0.3 is 0 Å². The Labute approximate surface area is 65.1 Å². The van der Waals surface area contributed by atoms with Crippen LogP contribution in [0.3, 0.4) is 0 Å². The maximum atomic E-state index is 5.23. The molecule has 0 aromatic carbocycles. The van der Waals surface area contributed by atoms with Gasteiger partial charge in [0.2, 0.25) is 0 Å². The van der Waals surface area contributed by atoms with Crippen molar-refractivity contribution in [2.24, 2.45) is 5.73 Å². The standard InChI is InChI=1S/C5H11NOS2/c1-4(7-2)3-9-5(6)8/h4H,3H2,1-2H3,(H2,6,8). The predicted molar refractivity (Wildman–Crippen MR) is 45.7 cm³/mol. The highest BCUT2D eigenvalue weighted by Crippen LogP contribution is 2.03. The number of hydrogen-bond donors (Lipinski definition) is 1. The Bertz CT molecular complexity index is 97.0. The zero-order valence-electron chi connectivity index (χ0n) is 5.59. The quantitative estimate of drug-likeness (QED) is 0.633. The van der Waals surface area contributed by atoms with Gasteiger partial charge in [0.25, 0.3) is 0 Å². The van der Waals surface area contributed by atoms with E-state index in [1.807, 2.05) is 6.92 Å². The molecule has 0 bridgehead atoms. The second-order valence-electron chi connectivity index (χ2n) is 1.68. The highest BCUT2D eigenvalue weighted by molar-refractivity contribution is 8.22. The molecule has 0 aromatic rings. The average Bonchev–Trinajstić information content (AvgIpc) is 1.83. The lowest BCUT2D eigenvalue weighted by Gasteiger charge is -2.06. The summed E-state index contributed by atoms with van der Waals surface area (Å²) in [7, 11) is 1.67. The zero-order chi connectivity index (χ0) is 7.28. The van der Waals surface area contributed by atoms with E-state index < -0.39 is 0 Å². The van der Waals surface area contributed by atoms with Crippen LogP contribution in [0.4, 0.5) is 0 Å². The van der Waals surface area contributed by atoms with E-state index in [9.17, 15) is 0 Å². The van der Waals surface area contributed by atoms with E-state index >= 15 is 0 Å². The number of hydrogen-bond acceptors (Lipinski definition) is 3. The van der Waals surface area contributed by atoms with Crippen molar-refractivity contribution in [3.8, 4) is 0 Å². The van der Waals surface area contributed by atoms with E-state index in [0.29, 0.717) is 4.32 Å². The van der Waals surface area contributed by atoms with E-state index in [0.717, 1.165) is 5.75 Å². The highest BCUT2D eigenvalue weighted by Gasteiger charge is 1.98. The van der Waals surface area contributed by atoms with E-state index in [-0.39, 0.29) is 6.10 Å². The van der Waals surface area contributed by atoms with Gasteiger partial charge in [-0.3, -0.25) is 0 Å². The Kier molecular flexibility index (Phi) is 5.13. The second-order valence-corrected chi connectivity index (χ2v) is 3.44. The van der Waals surface area contributed by atoms with Gasteiger partial charge in [-0.15, -0.1) is 0 Å². The van der Waals surface area contributed by atoms with Crippen LogP contribution in [-0.2, 0) is 4.74 Å². The monoisotopic (exact) mass is 165 g/mol. The van der Waals surface area contributed by atoms with Gasteiger partial charge in [-0.1, -0.05) is 24.0 Å². The lowest BCUT2D eigenvalue weighted by molar-refractivity contribution is 0.138. The van der Waals surface area contributed by atoms with Crippen molar-refractivity contribution in [3.05, 3.63) is 0 Å². The normalized spacial score (nSPS) is 13.1. The summed E-state index contributed by atoms with van der Waals surface area (Å²) in [6.45, 7) is 1.98.